The molecule has 17 heavy (non-hydrogen) atoms. The fourth-order valence-electron chi connectivity index (χ4n) is 1.44. The van der Waals surface area contributed by atoms with Gasteiger partial charge in [0.2, 0.25) is 0 Å². The van der Waals surface area contributed by atoms with Crippen molar-refractivity contribution in [2.24, 2.45) is 0 Å². The molecule has 0 heterocycles. The number of benzene rings is 2. The highest BCUT2D eigenvalue weighted by molar-refractivity contribution is 14.1. The van der Waals surface area contributed by atoms with E-state index in [1.807, 2.05) is 0 Å². The zero-order chi connectivity index (χ0) is 12.6. The lowest BCUT2D eigenvalue weighted by molar-refractivity contribution is 0.627. The van der Waals surface area contributed by atoms with Gasteiger partial charge in [-0.2, -0.15) is 0 Å². The second-order valence-electron chi connectivity index (χ2n) is 3.35. The van der Waals surface area contributed by atoms with E-state index < -0.39 is 0 Å². The van der Waals surface area contributed by atoms with Gasteiger partial charge in [0.15, 0.2) is 0 Å². The normalized spacial score (nSPS) is 10.6. The van der Waals surface area contributed by atoms with Crippen LogP contribution in [-0.4, -0.2) is 0 Å². The van der Waals surface area contributed by atoms with Crippen molar-refractivity contribution >= 4 is 57.4 Å². The van der Waals surface area contributed by atoms with Gasteiger partial charge >= 0.3 is 0 Å². The van der Waals surface area contributed by atoms with Gasteiger partial charge in [-0.25, -0.2) is 4.39 Å². The van der Waals surface area contributed by atoms with Crippen molar-refractivity contribution in [2.75, 3.05) is 0 Å². The van der Waals surface area contributed by atoms with Crippen LogP contribution >= 0.6 is 57.4 Å². The maximum Gasteiger partial charge on any atom is 0.124 e. The molecule has 0 aliphatic rings. The van der Waals surface area contributed by atoms with E-state index in [9.17, 15) is 4.39 Å². The third kappa shape index (κ3) is 2.70. The standard InChI is InChI=1S/C12H5Cl3FI/c13-9-4-3-8(11(14)12(9)15)7-2-1-6(16)5-10(7)17/h1-5H. The van der Waals surface area contributed by atoms with Crippen LogP contribution in [0.2, 0.25) is 15.1 Å². The van der Waals surface area contributed by atoms with Crippen molar-refractivity contribution in [1.82, 2.24) is 0 Å². The van der Waals surface area contributed by atoms with Crippen molar-refractivity contribution in [3.63, 3.8) is 0 Å². The summed E-state index contributed by atoms with van der Waals surface area (Å²) in [6.07, 6.45) is 0. The van der Waals surface area contributed by atoms with Crippen LogP contribution in [0.1, 0.15) is 0 Å². The maximum absolute atomic E-state index is 13.0. The molecule has 0 saturated heterocycles. The van der Waals surface area contributed by atoms with Gasteiger partial charge < -0.3 is 0 Å². The van der Waals surface area contributed by atoms with E-state index in [1.165, 1.54) is 12.1 Å². The van der Waals surface area contributed by atoms with Crippen molar-refractivity contribution in [3.05, 3.63) is 54.8 Å². The Morgan fingerprint density at radius 2 is 1.53 bits per heavy atom. The van der Waals surface area contributed by atoms with Crippen molar-refractivity contribution in [2.45, 2.75) is 0 Å². The molecule has 0 aliphatic heterocycles. The molecular formula is C12H5Cl3FI. The minimum Gasteiger partial charge on any atom is -0.207 e. The first-order valence-corrected chi connectivity index (χ1v) is 6.81. The Bertz CT molecular complexity index is 584. The van der Waals surface area contributed by atoms with Gasteiger partial charge in [0.1, 0.15) is 5.82 Å². The average Bonchev–Trinajstić information content (AvgIpc) is 2.28. The lowest BCUT2D eigenvalue weighted by Gasteiger charge is -2.09. The third-order valence-electron chi connectivity index (χ3n) is 2.26. The van der Waals surface area contributed by atoms with Gasteiger partial charge in [-0.05, 0) is 46.4 Å². The van der Waals surface area contributed by atoms with Crippen LogP contribution in [0.15, 0.2) is 30.3 Å². The minimum atomic E-state index is -0.283. The van der Waals surface area contributed by atoms with Crippen LogP contribution in [0.4, 0.5) is 4.39 Å². The summed E-state index contributed by atoms with van der Waals surface area (Å²) < 4.78 is 13.8. The highest BCUT2D eigenvalue weighted by atomic mass is 127. The topological polar surface area (TPSA) is 0 Å². The summed E-state index contributed by atoms with van der Waals surface area (Å²) in [4.78, 5) is 0. The third-order valence-corrected chi connectivity index (χ3v) is 4.44. The summed E-state index contributed by atoms with van der Waals surface area (Å²) in [5, 5.41) is 1.09. The molecule has 0 atom stereocenters. The summed E-state index contributed by atoms with van der Waals surface area (Å²) in [5.74, 6) is -0.283. The first kappa shape index (κ1) is 13.4. The smallest absolute Gasteiger partial charge is 0.124 e. The fraction of sp³-hybridized carbons (Fsp3) is 0. The van der Waals surface area contributed by atoms with Gasteiger partial charge in [-0.15, -0.1) is 0 Å². The van der Waals surface area contributed by atoms with E-state index in [1.54, 1.807) is 18.2 Å². The summed E-state index contributed by atoms with van der Waals surface area (Å²) in [6, 6.07) is 7.93. The Morgan fingerprint density at radius 1 is 0.882 bits per heavy atom. The van der Waals surface area contributed by atoms with E-state index in [2.05, 4.69) is 22.6 Å². The molecule has 0 aromatic heterocycles. The molecule has 0 bridgehead atoms. The van der Waals surface area contributed by atoms with Crippen LogP contribution in [0.25, 0.3) is 11.1 Å². The van der Waals surface area contributed by atoms with Crippen molar-refractivity contribution < 1.29 is 4.39 Å². The summed E-state index contributed by atoms with van der Waals surface area (Å²) in [6.45, 7) is 0. The second-order valence-corrected chi connectivity index (χ2v) is 5.67. The molecule has 0 saturated carbocycles. The van der Waals surface area contributed by atoms with Crippen LogP contribution in [-0.2, 0) is 0 Å². The van der Waals surface area contributed by atoms with Crippen molar-refractivity contribution in [3.8, 4) is 11.1 Å². The molecule has 0 spiro atoms. The minimum absolute atomic E-state index is 0.283. The molecule has 0 N–H and O–H groups in total. The highest BCUT2D eigenvalue weighted by Crippen LogP contribution is 2.39. The fourth-order valence-corrected chi connectivity index (χ4v) is 2.85. The SMILES string of the molecule is Fc1ccc(-c2ccc(Cl)c(Cl)c2Cl)c(I)c1. The molecule has 2 aromatic carbocycles. The van der Waals surface area contributed by atoms with Gasteiger partial charge in [-0.1, -0.05) is 46.9 Å². The molecule has 2 rings (SSSR count). The molecule has 2 aromatic rings. The Hall–Kier alpha value is -0.0300. The van der Waals surface area contributed by atoms with Crippen LogP contribution < -0.4 is 0 Å². The predicted octanol–water partition coefficient (Wildman–Crippen LogP) is 6.06. The van der Waals surface area contributed by atoms with E-state index >= 15 is 0 Å². The zero-order valence-corrected chi connectivity index (χ0v) is 12.7. The lowest BCUT2D eigenvalue weighted by atomic mass is 10.1. The molecule has 0 fully saturated rings. The first-order chi connectivity index (χ1) is 8.00. The van der Waals surface area contributed by atoms with Crippen LogP contribution in [0.3, 0.4) is 0 Å². The molecule has 0 nitrogen and oxygen atoms in total. The Balaban J connectivity index is 2.65. The van der Waals surface area contributed by atoms with Gasteiger partial charge in [-0.3, -0.25) is 0 Å². The van der Waals surface area contributed by atoms with E-state index in [0.717, 1.165) is 14.7 Å². The quantitative estimate of drug-likeness (QED) is 0.403. The van der Waals surface area contributed by atoms with Crippen LogP contribution in [0.5, 0.6) is 0 Å². The molecule has 0 amide bonds. The van der Waals surface area contributed by atoms with E-state index in [4.69, 9.17) is 34.8 Å². The molecule has 0 radical (unpaired) electrons. The molecule has 88 valence electrons. The highest BCUT2D eigenvalue weighted by Gasteiger charge is 2.12. The van der Waals surface area contributed by atoms with Gasteiger partial charge in [0, 0.05) is 9.13 Å². The van der Waals surface area contributed by atoms with E-state index in [0.29, 0.717) is 15.1 Å². The number of halogens is 5. The van der Waals surface area contributed by atoms with Gasteiger partial charge in [0.25, 0.3) is 0 Å². The number of hydrogen-bond acceptors (Lipinski definition) is 0. The van der Waals surface area contributed by atoms with Gasteiger partial charge in [0.05, 0.1) is 15.1 Å². The molecular weight excluding hydrogens is 396 g/mol. The van der Waals surface area contributed by atoms with Crippen LogP contribution in [0, 0.1) is 9.39 Å². The Kier molecular flexibility index (Phi) is 4.18. The maximum atomic E-state index is 13.0. The lowest BCUT2D eigenvalue weighted by Crippen LogP contribution is -1.87. The monoisotopic (exact) mass is 400 g/mol. The Labute approximate surface area is 127 Å². The predicted molar refractivity (Wildman–Crippen MR) is 79.6 cm³/mol. The molecule has 0 unspecified atom stereocenters. The molecule has 5 heteroatoms. The number of rotatable bonds is 1. The summed E-state index contributed by atoms with van der Waals surface area (Å²) in [7, 11) is 0. The summed E-state index contributed by atoms with van der Waals surface area (Å²) >= 11 is 20.0. The summed E-state index contributed by atoms with van der Waals surface area (Å²) in [5.41, 5.74) is 1.57. The first-order valence-electron chi connectivity index (χ1n) is 4.59. The zero-order valence-electron chi connectivity index (χ0n) is 8.28. The second kappa shape index (κ2) is 5.31. The average molecular weight is 401 g/mol. The molecule has 0 aliphatic carbocycles. The largest absolute Gasteiger partial charge is 0.207 e. The number of hydrogen-bond donors (Lipinski definition) is 0. The Morgan fingerprint density at radius 3 is 2.18 bits per heavy atom. The van der Waals surface area contributed by atoms with E-state index in [-0.39, 0.29) is 5.82 Å². The van der Waals surface area contributed by atoms with Crippen molar-refractivity contribution in [1.29, 1.82) is 0 Å².